The van der Waals surface area contributed by atoms with Crippen molar-refractivity contribution in [3.8, 4) is 0 Å². The monoisotopic (exact) mass is 220 g/mol. The third-order valence-corrected chi connectivity index (χ3v) is 2.01. The molecule has 15 heavy (non-hydrogen) atoms. The van der Waals surface area contributed by atoms with Crippen LogP contribution >= 0.6 is 0 Å². The molecule has 0 spiro atoms. The van der Waals surface area contributed by atoms with Gasteiger partial charge in [0.05, 0.1) is 0 Å². The predicted molar refractivity (Wildman–Crippen MR) is 53.1 cm³/mol. The molecule has 0 saturated carbocycles. The first-order chi connectivity index (χ1) is 6.43. The summed E-state index contributed by atoms with van der Waals surface area (Å²) < 4.78 is 35.2. The highest BCUT2D eigenvalue weighted by molar-refractivity contribution is 5.17. The van der Waals surface area contributed by atoms with E-state index in [0.29, 0.717) is 0 Å². The van der Waals surface area contributed by atoms with Crippen LogP contribution in [0.3, 0.4) is 0 Å². The molecule has 0 amide bonds. The molecule has 0 atom stereocenters. The van der Waals surface area contributed by atoms with Crippen molar-refractivity contribution in [3.63, 3.8) is 0 Å². The molecule has 88 valence electrons. The summed E-state index contributed by atoms with van der Waals surface area (Å²) in [6.45, 7) is 10.9. The second kappa shape index (κ2) is 3.09. The van der Waals surface area contributed by atoms with Gasteiger partial charge in [-0.1, -0.05) is 41.5 Å². The highest BCUT2D eigenvalue weighted by Gasteiger charge is 2.50. The van der Waals surface area contributed by atoms with Gasteiger partial charge in [0, 0.05) is 10.8 Å². The zero-order chi connectivity index (χ0) is 12.1. The van der Waals surface area contributed by atoms with Crippen molar-refractivity contribution in [1.82, 2.24) is 0 Å². The third kappa shape index (κ3) is 2.61. The van der Waals surface area contributed by atoms with Crippen LogP contribution in [0, 0.1) is 10.8 Å². The Morgan fingerprint density at radius 2 is 1.07 bits per heavy atom. The van der Waals surface area contributed by atoms with Crippen molar-refractivity contribution < 1.29 is 18.3 Å². The number of alkyl halides is 2. The molecule has 0 unspecified atom stereocenters. The van der Waals surface area contributed by atoms with Gasteiger partial charge >= 0.3 is 6.29 Å². The van der Waals surface area contributed by atoms with Gasteiger partial charge in [-0.2, -0.15) is 0 Å². The summed E-state index contributed by atoms with van der Waals surface area (Å²) in [6.07, 6.45) is -3.52. The van der Waals surface area contributed by atoms with E-state index in [1.54, 1.807) is 0 Å². The average molecular weight is 220 g/mol. The molecule has 0 aromatic carbocycles. The molecule has 0 aliphatic carbocycles. The fourth-order valence-corrected chi connectivity index (χ4v) is 1.34. The Morgan fingerprint density at radius 3 is 1.27 bits per heavy atom. The van der Waals surface area contributed by atoms with E-state index in [1.807, 2.05) is 41.5 Å². The number of halogens is 2. The van der Waals surface area contributed by atoms with Gasteiger partial charge in [0.15, 0.2) is 11.5 Å². The van der Waals surface area contributed by atoms with Gasteiger partial charge in [-0.3, -0.25) is 0 Å². The minimum absolute atomic E-state index is 0.236. The highest BCUT2D eigenvalue weighted by Crippen LogP contribution is 2.47. The summed E-state index contributed by atoms with van der Waals surface area (Å²) in [7, 11) is 0. The molecule has 2 nitrogen and oxygen atoms in total. The second-order valence-corrected chi connectivity index (χ2v) is 5.83. The number of hydrogen-bond acceptors (Lipinski definition) is 2. The smallest absolute Gasteiger partial charge is 0.400 e. The molecule has 1 aliphatic heterocycles. The molecule has 0 aromatic heterocycles. The van der Waals surface area contributed by atoms with Gasteiger partial charge in [0.1, 0.15) is 0 Å². The zero-order valence-electron chi connectivity index (χ0n) is 10.1. The first-order valence-electron chi connectivity index (χ1n) is 4.94. The first kappa shape index (κ1) is 12.3. The highest BCUT2D eigenvalue weighted by atomic mass is 19.3. The Balaban J connectivity index is 3.16. The molecule has 4 heteroatoms. The van der Waals surface area contributed by atoms with E-state index in [4.69, 9.17) is 0 Å². The van der Waals surface area contributed by atoms with Gasteiger partial charge in [-0.25, -0.2) is 0 Å². The molecular weight excluding hydrogens is 202 g/mol. The first-order valence-corrected chi connectivity index (χ1v) is 4.94. The van der Waals surface area contributed by atoms with Crippen LogP contribution in [0.1, 0.15) is 41.5 Å². The van der Waals surface area contributed by atoms with Crippen molar-refractivity contribution in [3.05, 3.63) is 11.5 Å². The lowest BCUT2D eigenvalue weighted by molar-refractivity contribution is -0.342. The second-order valence-electron chi connectivity index (χ2n) is 5.83. The summed E-state index contributed by atoms with van der Waals surface area (Å²) in [5.41, 5.74) is -0.967. The lowest BCUT2D eigenvalue weighted by atomic mass is 9.85. The topological polar surface area (TPSA) is 18.5 Å². The molecule has 0 bridgehead atoms. The lowest BCUT2D eigenvalue weighted by Gasteiger charge is -2.23. The van der Waals surface area contributed by atoms with E-state index in [-0.39, 0.29) is 11.5 Å². The Hall–Kier alpha value is -0.800. The standard InChI is InChI=1S/C11H18F2O2/c1-9(2,3)7-8(10(4,5)6)15-11(12,13)14-7/h1-6H3. The van der Waals surface area contributed by atoms with Crippen molar-refractivity contribution in [2.75, 3.05) is 0 Å². The molecule has 0 fully saturated rings. The minimum Gasteiger partial charge on any atom is -0.400 e. The zero-order valence-corrected chi connectivity index (χ0v) is 10.1. The maximum absolute atomic E-state index is 13.0. The summed E-state index contributed by atoms with van der Waals surface area (Å²) in [6, 6.07) is 0. The van der Waals surface area contributed by atoms with E-state index < -0.39 is 17.1 Å². The minimum atomic E-state index is -3.52. The number of rotatable bonds is 0. The van der Waals surface area contributed by atoms with Crippen molar-refractivity contribution in [1.29, 1.82) is 0 Å². The van der Waals surface area contributed by atoms with E-state index >= 15 is 0 Å². The summed E-state index contributed by atoms with van der Waals surface area (Å²) in [5.74, 6) is 0.472. The van der Waals surface area contributed by atoms with Crippen LogP contribution in [-0.2, 0) is 9.47 Å². The molecule has 0 saturated heterocycles. The van der Waals surface area contributed by atoms with Gasteiger partial charge < -0.3 is 9.47 Å². The molecule has 0 N–H and O–H groups in total. The molecular formula is C11H18F2O2. The maximum atomic E-state index is 13.0. The van der Waals surface area contributed by atoms with Crippen molar-refractivity contribution in [2.45, 2.75) is 47.8 Å². The van der Waals surface area contributed by atoms with Crippen LogP contribution in [0.25, 0.3) is 0 Å². The van der Waals surface area contributed by atoms with Crippen LogP contribution in [0.2, 0.25) is 0 Å². The molecule has 1 heterocycles. The Morgan fingerprint density at radius 1 is 0.800 bits per heavy atom. The quantitative estimate of drug-likeness (QED) is 0.616. The third-order valence-electron chi connectivity index (χ3n) is 2.01. The average Bonchev–Trinajstić information content (AvgIpc) is 2.23. The summed E-state index contributed by atoms with van der Waals surface area (Å²) in [4.78, 5) is 0. The Bertz CT molecular complexity index is 265. The predicted octanol–water partition coefficient (Wildman–Crippen LogP) is 3.89. The normalized spacial score (nSPS) is 21.3. The lowest BCUT2D eigenvalue weighted by Crippen LogP contribution is -2.20. The van der Waals surface area contributed by atoms with Gasteiger partial charge in [-0.15, -0.1) is 8.78 Å². The van der Waals surface area contributed by atoms with Crippen LogP contribution in [0.15, 0.2) is 11.5 Å². The maximum Gasteiger partial charge on any atom is 0.585 e. The van der Waals surface area contributed by atoms with Crippen molar-refractivity contribution in [2.24, 2.45) is 10.8 Å². The van der Waals surface area contributed by atoms with E-state index in [2.05, 4.69) is 9.47 Å². The molecule has 1 aliphatic rings. The SMILES string of the molecule is CC(C)(C)C1=C(C(C)(C)C)OC(F)(F)O1. The fourth-order valence-electron chi connectivity index (χ4n) is 1.34. The van der Waals surface area contributed by atoms with Crippen LogP contribution in [0.4, 0.5) is 8.78 Å². The fraction of sp³-hybridized carbons (Fsp3) is 0.818. The van der Waals surface area contributed by atoms with E-state index in [9.17, 15) is 8.78 Å². The number of hydrogen-bond donors (Lipinski definition) is 0. The summed E-state index contributed by atoms with van der Waals surface area (Å²) in [5, 5.41) is 0. The Labute approximate surface area is 89.3 Å². The van der Waals surface area contributed by atoms with Gasteiger partial charge in [0.2, 0.25) is 0 Å². The largest absolute Gasteiger partial charge is 0.585 e. The molecule has 0 aromatic rings. The Kier molecular flexibility index (Phi) is 2.53. The van der Waals surface area contributed by atoms with Gasteiger partial charge in [0.25, 0.3) is 0 Å². The van der Waals surface area contributed by atoms with Crippen LogP contribution in [-0.4, -0.2) is 6.29 Å². The number of ether oxygens (including phenoxy) is 2. The van der Waals surface area contributed by atoms with E-state index in [1.165, 1.54) is 0 Å². The van der Waals surface area contributed by atoms with Crippen LogP contribution in [0.5, 0.6) is 0 Å². The summed E-state index contributed by atoms with van der Waals surface area (Å²) >= 11 is 0. The van der Waals surface area contributed by atoms with E-state index in [0.717, 1.165) is 0 Å². The molecule has 1 rings (SSSR count). The number of allylic oxidation sites excluding steroid dienone is 2. The van der Waals surface area contributed by atoms with Crippen molar-refractivity contribution >= 4 is 0 Å². The molecule has 0 radical (unpaired) electrons. The van der Waals surface area contributed by atoms with Crippen LogP contribution < -0.4 is 0 Å². The van der Waals surface area contributed by atoms with Gasteiger partial charge in [-0.05, 0) is 0 Å².